The molecule has 0 bridgehead atoms. The molecule has 0 spiro atoms. The third-order valence-corrected chi connectivity index (χ3v) is 7.33. The standard InChI is InChI=1S/C26H33FN8O3/c1-14(2)35-20(9-10-29-35)24(36)31-23(22(16-5-6-16)17-7-8-17)25(37)30-21-13-34(33-32-21)15(3)19-11-18(27)12-28-26(19)38-4/h9-17,22-23H,5-8H2,1-4H3,(H,30,37)(H,31,36). The highest BCUT2D eigenvalue weighted by molar-refractivity contribution is 6.00. The van der Waals surface area contributed by atoms with E-state index in [1.807, 2.05) is 13.8 Å². The number of methoxy groups -OCH3 is 1. The highest BCUT2D eigenvalue weighted by atomic mass is 19.1. The quantitative estimate of drug-likeness (QED) is 0.393. The van der Waals surface area contributed by atoms with Gasteiger partial charge in [-0.25, -0.2) is 14.1 Å². The molecule has 38 heavy (non-hydrogen) atoms. The highest BCUT2D eigenvalue weighted by Crippen LogP contribution is 2.51. The first-order valence-corrected chi connectivity index (χ1v) is 13.0. The molecule has 0 radical (unpaired) electrons. The molecule has 2 aliphatic carbocycles. The van der Waals surface area contributed by atoms with E-state index in [1.165, 1.54) is 17.9 Å². The molecule has 2 saturated carbocycles. The number of carbonyl (C=O) groups is 2. The van der Waals surface area contributed by atoms with Crippen molar-refractivity contribution in [2.75, 3.05) is 12.4 Å². The van der Waals surface area contributed by atoms with E-state index in [2.05, 4.69) is 31.0 Å². The summed E-state index contributed by atoms with van der Waals surface area (Å²) in [5, 5.41) is 18.4. The molecule has 2 aliphatic rings. The van der Waals surface area contributed by atoms with Crippen LogP contribution < -0.4 is 15.4 Å². The van der Waals surface area contributed by atoms with Crippen molar-refractivity contribution in [3.63, 3.8) is 0 Å². The lowest BCUT2D eigenvalue weighted by molar-refractivity contribution is -0.119. The van der Waals surface area contributed by atoms with Crippen LogP contribution in [0.25, 0.3) is 0 Å². The van der Waals surface area contributed by atoms with E-state index in [0.717, 1.165) is 31.9 Å². The van der Waals surface area contributed by atoms with Crippen molar-refractivity contribution in [3.05, 3.63) is 47.8 Å². The topological polar surface area (TPSA) is 129 Å². The molecule has 5 rings (SSSR count). The van der Waals surface area contributed by atoms with Gasteiger partial charge in [-0.2, -0.15) is 5.10 Å². The maximum absolute atomic E-state index is 13.9. The fourth-order valence-corrected chi connectivity index (χ4v) is 5.13. The number of nitrogens with zero attached hydrogens (tertiary/aromatic N) is 6. The Morgan fingerprint density at radius 2 is 1.87 bits per heavy atom. The number of ether oxygens (including phenoxy) is 1. The molecule has 11 nitrogen and oxygen atoms in total. The molecule has 0 aliphatic heterocycles. The predicted octanol–water partition coefficient (Wildman–Crippen LogP) is 3.38. The Balaban J connectivity index is 1.35. The van der Waals surface area contributed by atoms with Gasteiger partial charge in [0, 0.05) is 17.8 Å². The largest absolute Gasteiger partial charge is 0.481 e. The van der Waals surface area contributed by atoms with Crippen molar-refractivity contribution in [1.29, 1.82) is 0 Å². The normalized spacial score (nSPS) is 16.9. The first-order chi connectivity index (χ1) is 18.3. The molecule has 2 atom stereocenters. The van der Waals surface area contributed by atoms with E-state index >= 15 is 0 Å². The van der Waals surface area contributed by atoms with Crippen molar-refractivity contribution in [3.8, 4) is 5.88 Å². The van der Waals surface area contributed by atoms with Crippen LogP contribution in [0.3, 0.4) is 0 Å². The molecule has 2 fully saturated rings. The second-order valence-corrected chi connectivity index (χ2v) is 10.5. The van der Waals surface area contributed by atoms with Gasteiger partial charge in [0.15, 0.2) is 5.82 Å². The fourth-order valence-electron chi connectivity index (χ4n) is 5.13. The van der Waals surface area contributed by atoms with Gasteiger partial charge < -0.3 is 15.4 Å². The maximum atomic E-state index is 13.9. The molecule has 3 aromatic rings. The fraction of sp³-hybridized carbons (Fsp3) is 0.538. The van der Waals surface area contributed by atoms with Gasteiger partial charge in [0.1, 0.15) is 17.6 Å². The third kappa shape index (κ3) is 5.39. The maximum Gasteiger partial charge on any atom is 0.270 e. The smallest absolute Gasteiger partial charge is 0.270 e. The summed E-state index contributed by atoms with van der Waals surface area (Å²) in [6.07, 6.45) is 8.48. The van der Waals surface area contributed by atoms with Gasteiger partial charge in [0.25, 0.3) is 5.91 Å². The number of anilines is 1. The Kier molecular flexibility index (Phi) is 7.13. The summed E-state index contributed by atoms with van der Waals surface area (Å²) >= 11 is 0. The van der Waals surface area contributed by atoms with E-state index in [1.54, 1.807) is 30.1 Å². The first kappa shape index (κ1) is 25.8. The first-order valence-electron chi connectivity index (χ1n) is 13.0. The van der Waals surface area contributed by atoms with Crippen molar-refractivity contribution in [2.45, 2.75) is 64.6 Å². The summed E-state index contributed by atoms with van der Waals surface area (Å²) < 4.78 is 22.3. The SMILES string of the molecule is COc1ncc(F)cc1C(C)n1cc(NC(=O)C(NC(=O)c2ccnn2C(C)C)C(C2CC2)C2CC2)nn1. The molecule has 12 heteroatoms. The summed E-state index contributed by atoms with van der Waals surface area (Å²) in [5.41, 5.74) is 0.908. The van der Waals surface area contributed by atoms with Gasteiger partial charge in [-0.3, -0.25) is 14.3 Å². The monoisotopic (exact) mass is 524 g/mol. The van der Waals surface area contributed by atoms with Crippen LogP contribution in [0.4, 0.5) is 10.2 Å². The minimum Gasteiger partial charge on any atom is -0.481 e. The van der Waals surface area contributed by atoms with Gasteiger partial charge in [-0.1, -0.05) is 5.21 Å². The summed E-state index contributed by atoms with van der Waals surface area (Å²) in [4.78, 5) is 30.9. The second kappa shape index (κ2) is 10.5. The molecule has 0 saturated heterocycles. The number of carbonyl (C=O) groups excluding carboxylic acids is 2. The van der Waals surface area contributed by atoms with Crippen LogP contribution in [0.1, 0.15) is 74.6 Å². The van der Waals surface area contributed by atoms with E-state index in [-0.39, 0.29) is 35.5 Å². The highest BCUT2D eigenvalue weighted by Gasteiger charge is 2.48. The van der Waals surface area contributed by atoms with E-state index in [0.29, 0.717) is 23.1 Å². The van der Waals surface area contributed by atoms with Crippen LogP contribution in [0.5, 0.6) is 5.88 Å². The second-order valence-electron chi connectivity index (χ2n) is 10.5. The van der Waals surface area contributed by atoms with Crippen molar-refractivity contribution in [1.82, 2.24) is 35.1 Å². The van der Waals surface area contributed by atoms with Gasteiger partial charge in [0.2, 0.25) is 11.8 Å². The number of rotatable bonds is 11. The van der Waals surface area contributed by atoms with E-state index in [4.69, 9.17) is 4.74 Å². The minimum atomic E-state index is -0.715. The number of halogens is 1. The van der Waals surface area contributed by atoms with Crippen molar-refractivity contribution < 1.29 is 18.7 Å². The molecule has 2 N–H and O–H groups in total. The van der Waals surface area contributed by atoms with E-state index in [9.17, 15) is 14.0 Å². The number of aromatic nitrogens is 6. The zero-order valence-corrected chi connectivity index (χ0v) is 22.0. The molecule has 3 heterocycles. The van der Waals surface area contributed by atoms with Crippen LogP contribution >= 0.6 is 0 Å². The van der Waals surface area contributed by atoms with Gasteiger partial charge in [-0.15, -0.1) is 5.10 Å². The molecule has 0 aromatic carbocycles. The van der Waals surface area contributed by atoms with Crippen LogP contribution in [-0.4, -0.2) is 54.7 Å². The summed E-state index contributed by atoms with van der Waals surface area (Å²) in [5.74, 6) is 0.250. The van der Waals surface area contributed by atoms with Crippen LogP contribution in [0, 0.1) is 23.6 Å². The molecule has 3 aromatic heterocycles. The summed E-state index contributed by atoms with van der Waals surface area (Å²) in [6, 6.07) is 1.83. The molecule has 202 valence electrons. The molecular weight excluding hydrogens is 491 g/mol. The summed E-state index contributed by atoms with van der Waals surface area (Å²) in [7, 11) is 1.46. The zero-order chi connectivity index (χ0) is 27.0. The Morgan fingerprint density at radius 1 is 1.16 bits per heavy atom. The number of hydrogen-bond acceptors (Lipinski definition) is 7. The minimum absolute atomic E-state index is 0.00429. The number of pyridine rings is 1. The van der Waals surface area contributed by atoms with Crippen LogP contribution in [0.2, 0.25) is 0 Å². The van der Waals surface area contributed by atoms with E-state index < -0.39 is 17.9 Å². The number of hydrogen-bond donors (Lipinski definition) is 2. The lowest BCUT2D eigenvalue weighted by Gasteiger charge is -2.27. The Labute approximate surface area is 220 Å². The Morgan fingerprint density at radius 3 is 2.50 bits per heavy atom. The predicted molar refractivity (Wildman–Crippen MR) is 136 cm³/mol. The van der Waals surface area contributed by atoms with Crippen molar-refractivity contribution in [2.24, 2.45) is 17.8 Å². The lowest BCUT2D eigenvalue weighted by Crippen LogP contribution is -2.50. The number of amides is 2. The Bertz CT molecular complexity index is 1300. The molecule has 2 unspecified atom stereocenters. The number of nitrogens with one attached hydrogen (secondary N) is 2. The lowest BCUT2D eigenvalue weighted by atomic mass is 9.88. The average Bonchev–Trinajstić information content (AvgIpc) is 3.82. The summed E-state index contributed by atoms with van der Waals surface area (Å²) in [6.45, 7) is 5.70. The van der Waals surface area contributed by atoms with Crippen LogP contribution in [-0.2, 0) is 4.79 Å². The third-order valence-electron chi connectivity index (χ3n) is 7.33. The van der Waals surface area contributed by atoms with Crippen LogP contribution in [0.15, 0.2) is 30.7 Å². The molecule has 2 amide bonds. The average molecular weight is 525 g/mol. The van der Waals surface area contributed by atoms with Gasteiger partial charge in [-0.05, 0) is 76.3 Å². The Hall–Kier alpha value is -3.83. The van der Waals surface area contributed by atoms with Crippen molar-refractivity contribution >= 4 is 17.6 Å². The molecular formula is C26H33FN8O3. The van der Waals surface area contributed by atoms with Gasteiger partial charge in [0.05, 0.1) is 25.5 Å². The van der Waals surface area contributed by atoms with Gasteiger partial charge >= 0.3 is 0 Å². The zero-order valence-electron chi connectivity index (χ0n) is 22.0.